The highest BCUT2D eigenvalue weighted by Crippen LogP contribution is 2.41. The predicted octanol–water partition coefficient (Wildman–Crippen LogP) is 14.5. The largest absolute Gasteiger partial charge is 0.309 e. The molecule has 0 aliphatic heterocycles. The highest BCUT2D eigenvalue weighted by Gasteiger charge is 2.19. The van der Waals surface area contributed by atoms with E-state index in [1.54, 1.807) is 0 Å². The molecule has 11 aromatic rings. The molecule has 11 rings (SSSR count). The molecule has 0 atom stereocenters. The second-order valence-corrected chi connectivity index (χ2v) is 14.6. The van der Waals surface area contributed by atoms with Crippen molar-refractivity contribution in [3.8, 4) is 55.9 Å². The lowest BCUT2D eigenvalue weighted by Crippen LogP contribution is -1.96. The van der Waals surface area contributed by atoms with E-state index in [1.165, 1.54) is 88.1 Å². The van der Waals surface area contributed by atoms with Gasteiger partial charge in [-0.15, -0.1) is 0 Å². The summed E-state index contributed by atoms with van der Waals surface area (Å²) in [5, 5.41) is 5.01. The first-order valence-electron chi connectivity index (χ1n) is 19.3. The molecular weight excluding hydrogens is 677 g/mol. The Bertz CT molecular complexity index is 3150. The van der Waals surface area contributed by atoms with Gasteiger partial charge in [0.05, 0.1) is 22.1 Å². The summed E-state index contributed by atoms with van der Waals surface area (Å²) in [6.07, 6.45) is 0. The Labute approximate surface area is 325 Å². The number of aromatic nitrogens is 2. The summed E-state index contributed by atoms with van der Waals surface area (Å²) in [5.74, 6) is 0. The van der Waals surface area contributed by atoms with Gasteiger partial charge in [-0.1, -0.05) is 152 Å². The lowest BCUT2D eigenvalue weighted by molar-refractivity contribution is 1.16. The Morgan fingerprint density at radius 1 is 0.196 bits per heavy atom. The zero-order chi connectivity index (χ0) is 37.0. The zero-order valence-electron chi connectivity index (χ0n) is 30.7. The summed E-state index contributed by atoms with van der Waals surface area (Å²) in [7, 11) is 0. The van der Waals surface area contributed by atoms with E-state index in [1.807, 2.05) is 0 Å². The third-order valence-electron chi connectivity index (χ3n) is 11.3. The van der Waals surface area contributed by atoms with E-state index in [0.29, 0.717) is 0 Å². The van der Waals surface area contributed by atoms with Gasteiger partial charge in [0, 0.05) is 32.9 Å². The molecule has 0 fully saturated rings. The van der Waals surface area contributed by atoms with Gasteiger partial charge in [0.15, 0.2) is 0 Å². The van der Waals surface area contributed by atoms with Gasteiger partial charge in [-0.3, -0.25) is 0 Å². The predicted molar refractivity (Wildman–Crippen MR) is 237 cm³/mol. The second-order valence-electron chi connectivity index (χ2n) is 14.6. The molecular formula is C54H36N2. The molecule has 0 amide bonds. The van der Waals surface area contributed by atoms with Gasteiger partial charge in [0.25, 0.3) is 0 Å². The SMILES string of the molecule is c1ccc(-c2cc(-c3ccccc3)cc(-c3ccc(-n4c5ccccc5c5cc6c7ccccc7n(-c7cccc(-c8ccccc8)c7)c6cc54)cc3)c2)cc1. The number of hydrogen-bond acceptors (Lipinski definition) is 0. The van der Waals surface area contributed by atoms with Crippen LogP contribution in [0.3, 0.4) is 0 Å². The van der Waals surface area contributed by atoms with Crippen molar-refractivity contribution >= 4 is 43.6 Å². The van der Waals surface area contributed by atoms with E-state index in [0.717, 1.165) is 11.4 Å². The van der Waals surface area contributed by atoms with Gasteiger partial charge in [-0.25, -0.2) is 0 Å². The van der Waals surface area contributed by atoms with Crippen LogP contribution in [0.15, 0.2) is 218 Å². The van der Waals surface area contributed by atoms with Gasteiger partial charge >= 0.3 is 0 Å². The van der Waals surface area contributed by atoms with E-state index in [-0.39, 0.29) is 0 Å². The number of hydrogen-bond donors (Lipinski definition) is 0. The average Bonchev–Trinajstić information content (AvgIpc) is 3.78. The topological polar surface area (TPSA) is 9.86 Å². The van der Waals surface area contributed by atoms with Gasteiger partial charge in [-0.2, -0.15) is 0 Å². The number of rotatable bonds is 6. The van der Waals surface area contributed by atoms with Gasteiger partial charge in [0.2, 0.25) is 0 Å². The van der Waals surface area contributed by atoms with Crippen LogP contribution in [0.5, 0.6) is 0 Å². The molecule has 0 saturated heterocycles. The summed E-state index contributed by atoms with van der Waals surface area (Å²) in [6, 6.07) is 79.4. The lowest BCUT2D eigenvalue weighted by Gasteiger charge is -2.13. The minimum Gasteiger partial charge on any atom is -0.309 e. The monoisotopic (exact) mass is 712 g/mol. The summed E-state index contributed by atoms with van der Waals surface area (Å²) >= 11 is 0. The molecule has 2 heteroatoms. The maximum atomic E-state index is 2.44. The van der Waals surface area contributed by atoms with Crippen LogP contribution in [0.4, 0.5) is 0 Å². The molecule has 2 heterocycles. The molecule has 0 spiro atoms. The molecule has 0 radical (unpaired) electrons. The van der Waals surface area contributed by atoms with Gasteiger partial charge in [0.1, 0.15) is 0 Å². The number of nitrogens with zero attached hydrogens (tertiary/aromatic N) is 2. The lowest BCUT2D eigenvalue weighted by atomic mass is 9.93. The highest BCUT2D eigenvalue weighted by molar-refractivity contribution is 6.19. The van der Waals surface area contributed by atoms with Crippen molar-refractivity contribution in [2.45, 2.75) is 0 Å². The van der Waals surface area contributed by atoms with Crippen LogP contribution in [0.1, 0.15) is 0 Å². The van der Waals surface area contributed by atoms with Crippen molar-refractivity contribution in [2.24, 2.45) is 0 Å². The molecule has 0 aliphatic rings. The van der Waals surface area contributed by atoms with Crippen molar-refractivity contribution in [3.63, 3.8) is 0 Å². The molecule has 2 aromatic heterocycles. The molecule has 0 aliphatic carbocycles. The van der Waals surface area contributed by atoms with Crippen LogP contribution >= 0.6 is 0 Å². The molecule has 56 heavy (non-hydrogen) atoms. The van der Waals surface area contributed by atoms with Crippen LogP contribution in [-0.2, 0) is 0 Å². The van der Waals surface area contributed by atoms with E-state index in [9.17, 15) is 0 Å². The average molecular weight is 713 g/mol. The van der Waals surface area contributed by atoms with E-state index < -0.39 is 0 Å². The fraction of sp³-hybridized carbons (Fsp3) is 0. The quantitative estimate of drug-likeness (QED) is 0.162. The second kappa shape index (κ2) is 13.2. The van der Waals surface area contributed by atoms with Crippen molar-refractivity contribution in [1.29, 1.82) is 0 Å². The normalized spacial score (nSPS) is 11.6. The molecule has 2 nitrogen and oxygen atoms in total. The highest BCUT2D eigenvalue weighted by atomic mass is 15.0. The first-order chi connectivity index (χ1) is 27.8. The van der Waals surface area contributed by atoms with E-state index >= 15 is 0 Å². The van der Waals surface area contributed by atoms with Crippen LogP contribution in [0.2, 0.25) is 0 Å². The number of fused-ring (bicyclic) bond motifs is 6. The summed E-state index contributed by atoms with van der Waals surface area (Å²) in [6.45, 7) is 0. The Balaban J connectivity index is 1.09. The summed E-state index contributed by atoms with van der Waals surface area (Å²) < 4.78 is 4.87. The van der Waals surface area contributed by atoms with Crippen molar-refractivity contribution < 1.29 is 0 Å². The molecule has 0 unspecified atom stereocenters. The molecule has 0 saturated carbocycles. The van der Waals surface area contributed by atoms with E-state index in [2.05, 4.69) is 228 Å². The minimum atomic E-state index is 1.13. The van der Waals surface area contributed by atoms with E-state index in [4.69, 9.17) is 0 Å². The van der Waals surface area contributed by atoms with Crippen molar-refractivity contribution in [1.82, 2.24) is 9.13 Å². The summed E-state index contributed by atoms with van der Waals surface area (Å²) in [5.41, 5.74) is 16.7. The summed E-state index contributed by atoms with van der Waals surface area (Å²) in [4.78, 5) is 0. The standard InChI is InChI=1S/C54H36N2/c1-4-15-37(16-5-1)41-21-14-22-46(34-41)56-52-26-13-11-24-48(52)50-35-49-47-23-10-12-25-51(47)55(53(49)36-54(50)56)45-29-27-40(28-30-45)44-32-42(38-17-6-2-7-18-38)31-43(33-44)39-19-8-3-9-20-39/h1-36H. The van der Waals surface area contributed by atoms with Crippen LogP contribution in [-0.4, -0.2) is 9.13 Å². The molecule has 9 aromatic carbocycles. The third kappa shape index (κ3) is 5.34. The Hall–Kier alpha value is -7.42. The minimum absolute atomic E-state index is 1.13. The first kappa shape index (κ1) is 32.0. The molecule has 0 N–H and O–H groups in total. The molecule has 262 valence electrons. The van der Waals surface area contributed by atoms with Crippen molar-refractivity contribution in [3.05, 3.63) is 218 Å². The maximum Gasteiger partial charge on any atom is 0.0562 e. The zero-order valence-corrected chi connectivity index (χ0v) is 30.7. The Kier molecular flexibility index (Phi) is 7.53. The third-order valence-corrected chi connectivity index (χ3v) is 11.3. The maximum absolute atomic E-state index is 2.44. The number of benzene rings is 9. The fourth-order valence-corrected chi connectivity index (χ4v) is 8.63. The smallest absolute Gasteiger partial charge is 0.0562 e. The first-order valence-corrected chi connectivity index (χ1v) is 19.3. The van der Waals surface area contributed by atoms with Crippen LogP contribution < -0.4 is 0 Å². The number of para-hydroxylation sites is 2. The van der Waals surface area contributed by atoms with Crippen LogP contribution in [0, 0.1) is 0 Å². The Morgan fingerprint density at radius 3 is 1.12 bits per heavy atom. The van der Waals surface area contributed by atoms with Crippen LogP contribution in [0.25, 0.3) is 99.5 Å². The fourth-order valence-electron chi connectivity index (χ4n) is 8.63. The van der Waals surface area contributed by atoms with Gasteiger partial charge in [-0.05, 0) is 111 Å². The molecule has 0 bridgehead atoms. The Morgan fingerprint density at radius 2 is 0.607 bits per heavy atom. The van der Waals surface area contributed by atoms with Gasteiger partial charge < -0.3 is 9.13 Å². The van der Waals surface area contributed by atoms with Crippen molar-refractivity contribution in [2.75, 3.05) is 0 Å².